The first-order valence-corrected chi connectivity index (χ1v) is 34.5. The number of ketones is 4. The van der Waals surface area contributed by atoms with Crippen molar-refractivity contribution in [1.82, 2.24) is 39.9 Å². The number of aryl methyl sites for hydroxylation is 8. The standard InChI is InChI=1S/2C17H22N4O2S.2C16H20N4O2S.4Y/c2*1-9-6-14(10(2)22)24-13(9)5-4-11-7-12-15(21(3)8-11)19-17(18)20-16(12)23;2*1-8-5-13(9(2)21)23-12(8)4-3-10-6-11-14(18-7-10)19-16(17)20-15(11)22;;;;/h2*6,11H,4-5,7-8H2,1-3H3,(H3,18,19,20,23);2*5,10H,3-4,6-7H2,1-2H3,(H4,17,18,19,20,22);;;;/p-4/t2*11-;2*10-;;;;/m0000..../s1. The van der Waals surface area contributed by atoms with Gasteiger partial charge < -0.3 is 83.2 Å². The molecule has 0 bridgehead atoms. The summed E-state index contributed by atoms with van der Waals surface area (Å²) >= 11 is 6.30. The van der Waals surface area contributed by atoms with E-state index in [4.69, 9.17) is 22.9 Å². The van der Waals surface area contributed by atoms with Crippen molar-refractivity contribution < 1.29 is 150 Å². The Kier molecular flexibility index (Phi) is 32.6. The number of H-pyrrole nitrogens is 4. The zero-order valence-electron chi connectivity index (χ0n) is 56.8. The molecule has 0 unspecified atom stereocenters. The van der Waals surface area contributed by atoms with Crippen molar-refractivity contribution in [2.75, 3.05) is 60.7 Å². The molecule has 8 aromatic rings. The molecule has 0 aliphatic carbocycles. The van der Waals surface area contributed by atoms with Gasteiger partial charge in [-0.1, -0.05) is 0 Å². The van der Waals surface area contributed by atoms with Gasteiger partial charge >= 0.3 is 0 Å². The van der Waals surface area contributed by atoms with Crippen LogP contribution < -0.4 is 42.7 Å². The monoisotopic (exact) mass is 1710 g/mol. The molecule has 0 aromatic carbocycles. The van der Waals surface area contributed by atoms with Crippen molar-refractivity contribution in [1.29, 1.82) is 0 Å². The summed E-state index contributed by atoms with van der Waals surface area (Å²) in [4.78, 5) is 132. The first-order valence-electron chi connectivity index (χ1n) is 31.3. The minimum Gasteiger partial charge on any atom is -0.411 e. The van der Waals surface area contributed by atoms with Crippen LogP contribution >= 0.6 is 45.3 Å². The molecule has 0 saturated carbocycles. The van der Waals surface area contributed by atoms with Crippen LogP contribution in [0.15, 0.2) is 43.4 Å². The fourth-order valence-electron chi connectivity index (χ4n) is 12.4. The van der Waals surface area contributed by atoms with Gasteiger partial charge in [-0.3, -0.25) is 38.4 Å². The van der Waals surface area contributed by atoms with Gasteiger partial charge in [0.1, 0.15) is 0 Å². The van der Waals surface area contributed by atoms with Crippen molar-refractivity contribution in [3.8, 4) is 0 Å². The summed E-state index contributed by atoms with van der Waals surface area (Å²) in [6.45, 7) is 17.7. The number of Topliss-reactive ketones (excluding diaryl/α,β-unsaturated/α-hetero) is 4. The number of nitrogens with zero attached hydrogens (tertiary/aromatic N) is 6. The molecule has 32 heteroatoms. The van der Waals surface area contributed by atoms with E-state index < -0.39 is 0 Å². The summed E-state index contributed by atoms with van der Waals surface area (Å²) in [6, 6.07) is 7.85. The maximum atomic E-state index is 12.1. The Hall–Kier alpha value is -4.18. The number of fused-ring (bicyclic) bond motifs is 4. The second kappa shape index (κ2) is 37.8. The average molecular weight is 1710 g/mol. The summed E-state index contributed by atoms with van der Waals surface area (Å²) in [5, 5.41) is 6.33. The van der Waals surface area contributed by atoms with Crippen LogP contribution in [0.3, 0.4) is 0 Å². The summed E-state index contributed by atoms with van der Waals surface area (Å²) < 4.78 is 0. The van der Waals surface area contributed by atoms with E-state index in [2.05, 4.69) is 50.5 Å². The topological polar surface area (TPSA) is 377 Å². The molecule has 12 rings (SSSR count). The van der Waals surface area contributed by atoms with Crippen molar-refractivity contribution >= 4 is 116 Å². The normalized spacial score (nSPS) is 16.1. The Morgan fingerprint density at radius 1 is 0.418 bits per heavy atom. The maximum absolute atomic E-state index is 12.1. The van der Waals surface area contributed by atoms with E-state index in [0.29, 0.717) is 94.9 Å². The fraction of sp³-hybridized carbons (Fsp3) is 0.455. The number of hydrogen-bond acceptors (Lipinski definition) is 20. The Balaban J connectivity index is 0.000000233. The predicted molar refractivity (Wildman–Crippen MR) is 377 cm³/mol. The SMILES string of the molecule is CC(=O)c1cc(C)c(CC[C@@H]2CNc3nc([NH-])[nH]c(=O)c3C2)s1.CC(=O)c1cc(C)c(CC[C@@H]2CNc3nc([NH-])[nH]c(=O)c3C2)s1.CC(=O)c1cc(C)c(CC[C@H]2Cc3c(nc([NH-])[nH]c3=O)N(C)C2)s1.CC(=O)c1cc(C)c(CC[C@H]2Cc3c(nc([NH-])[nH]c3=O)N(C)C2)s1.[Y].[Y].[Y].[Y]. The van der Waals surface area contributed by atoms with E-state index in [1.807, 2.05) is 75.9 Å². The van der Waals surface area contributed by atoms with Crippen LogP contribution in [-0.2, 0) is 182 Å². The van der Waals surface area contributed by atoms with Gasteiger partial charge in [0.05, 0.1) is 42.8 Å². The molecule has 24 nitrogen and oxygen atoms in total. The van der Waals surface area contributed by atoms with Gasteiger partial charge in [0.15, 0.2) is 45.4 Å². The van der Waals surface area contributed by atoms with E-state index in [1.165, 1.54) is 41.8 Å². The molecule has 0 spiro atoms. The molecule has 4 radical (unpaired) electrons. The molecule has 8 aromatic heterocycles. The second-order valence-electron chi connectivity index (χ2n) is 25.0. The maximum Gasteiger partial charge on any atom is 0.200 e. The molecule has 4 atom stereocenters. The summed E-state index contributed by atoms with van der Waals surface area (Å²) in [5.74, 6) is 3.85. The number of thiophene rings is 4. The zero-order chi connectivity index (χ0) is 68.0. The van der Waals surface area contributed by atoms with Gasteiger partial charge in [-0.2, -0.15) is 0 Å². The third-order valence-electron chi connectivity index (χ3n) is 17.5. The van der Waals surface area contributed by atoms with E-state index in [1.54, 1.807) is 73.0 Å². The van der Waals surface area contributed by atoms with E-state index in [-0.39, 0.29) is 200 Å². The largest absolute Gasteiger partial charge is 0.411 e. The number of aromatic amines is 4. The van der Waals surface area contributed by atoms with Crippen molar-refractivity contribution in [2.45, 2.75) is 132 Å². The van der Waals surface area contributed by atoms with Crippen LogP contribution in [0.5, 0.6) is 0 Å². The van der Waals surface area contributed by atoms with Crippen LogP contribution in [-0.4, -0.2) is 103 Å². The Morgan fingerprint density at radius 2 is 0.663 bits per heavy atom. The molecule has 98 heavy (non-hydrogen) atoms. The second-order valence-corrected chi connectivity index (χ2v) is 29.5. The summed E-state index contributed by atoms with van der Waals surface area (Å²) in [5.41, 5.74) is 36.5. The zero-order valence-corrected chi connectivity index (χ0v) is 71.4. The van der Waals surface area contributed by atoms with Gasteiger partial charge in [0.25, 0.3) is 0 Å². The van der Waals surface area contributed by atoms with Gasteiger partial charge in [0.2, 0.25) is 0 Å². The molecule has 10 N–H and O–H groups in total. The quantitative estimate of drug-likeness (QED) is 0.0489. The number of aromatic nitrogens is 8. The number of carbonyl (C=O) groups is 4. The summed E-state index contributed by atoms with van der Waals surface area (Å²) in [6.07, 6.45) is 10.2. The van der Waals surface area contributed by atoms with Crippen molar-refractivity contribution in [2.24, 2.45) is 23.7 Å². The smallest absolute Gasteiger partial charge is 0.200 e. The molecule has 4 aliphatic rings. The number of nitrogens with one attached hydrogen (secondary N) is 10. The molecule has 512 valence electrons. The van der Waals surface area contributed by atoms with E-state index in [0.717, 1.165) is 97.1 Å². The van der Waals surface area contributed by atoms with Gasteiger partial charge in [-0.25, -0.2) is 0 Å². The summed E-state index contributed by atoms with van der Waals surface area (Å²) in [7, 11) is 3.84. The minimum atomic E-state index is -0.219. The Labute approximate surface area is 685 Å². The van der Waals surface area contributed by atoms with Crippen LogP contribution in [0.4, 0.5) is 47.1 Å². The van der Waals surface area contributed by atoms with Gasteiger partial charge in [0, 0.05) is 237 Å². The number of carbonyl (C=O) groups excluding carboxylic acids is 4. The molecule has 4 aliphatic heterocycles. The molecule has 0 fully saturated rings. The molecule has 0 saturated heterocycles. The van der Waals surface area contributed by atoms with Crippen LogP contribution in [0.1, 0.15) is 156 Å². The number of hydrogen-bond donors (Lipinski definition) is 6. The molecular weight excluding hydrogens is 1630 g/mol. The molecular formula is C66H80N16O8S4Y4-4. The number of anilines is 4. The first-order chi connectivity index (χ1) is 44.6. The average Bonchev–Trinajstić information content (AvgIpc) is 0.964. The number of rotatable bonds is 16. The van der Waals surface area contributed by atoms with Crippen molar-refractivity contribution in [3.05, 3.63) is 172 Å². The third-order valence-corrected chi connectivity index (χ3v) is 23.1. The van der Waals surface area contributed by atoms with E-state index >= 15 is 0 Å². The van der Waals surface area contributed by atoms with Crippen molar-refractivity contribution in [3.63, 3.8) is 0 Å². The third kappa shape index (κ3) is 21.9. The Bertz CT molecular complexity index is 4150. The fourth-order valence-corrected chi connectivity index (χ4v) is 16.7. The van der Waals surface area contributed by atoms with Gasteiger partial charge in [-0.05, 0) is 203 Å². The first kappa shape index (κ1) is 84.5. The van der Waals surface area contributed by atoms with E-state index in [9.17, 15) is 38.4 Å². The minimum absolute atomic E-state index is 0. The van der Waals surface area contributed by atoms with Crippen LogP contribution in [0.2, 0.25) is 0 Å². The van der Waals surface area contributed by atoms with Crippen LogP contribution in [0, 0.1) is 51.4 Å². The molecule has 0 amide bonds. The predicted octanol–water partition coefficient (Wildman–Crippen LogP) is 13.0. The molecule has 12 heterocycles. The Morgan fingerprint density at radius 3 is 0.929 bits per heavy atom. The van der Waals surface area contributed by atoms with Gasteiger partial charge in [-0.15, -0.1) is 45.3 Å². The van der Waals surface area contributed by atoms with Crippen LogP contribution in [0.25, 0.3) is 22.9 Å².